The predicted octanol–water partition coefficient (Wildman–Crippen LogP) is 5.22. The van der Waals surface area contributed by atoms with E-state index < -0.39 is 5.97 Å². The molecule has 3 aromatic heterocycles. The molecule has 1 fully saturated rings. The summed E-state index contributed by atoms with van der Waals surface area (Å²) in [6, 6.07) is 11.2. The number of aromatic nitrogens is 5. The molecule has 5 rings (SSSR count). The van der Waals surface area contributed by atoms with Crippen LogP contribution in [0.15, 0.2) is 42.6 Å². The highest BCUT2D eigenvalue weighted by atomic mass is 16.5. The molecule has 0 atom stereocenters. The van der Waals surface area contributed by atoms with Crippen LogP contribution in [-0.2, 0) is 9.53 Å². The van der Waals surface area contributed by atoms with Crippen LogP contribution in [0.25, 0.3) is 22.6 Å². The zero-order valence-corrected chi connectivity index (χ0v) is 23.8. The summed E-state index contributed by atoms with van der Waals surface area (Å²) in [6.45, 7) is 10.0. The summed E-state index contributed by atoms with van der Waals surface area (Å²) in [5.41, 5.74) is 10.3. The fourth-order valence-corrected chi connectivity index (χ4v) is 5.39. The first kappa shape index (κ1) is 27.4. The molecule has 4 aromatic rings. The highest BCUT2D eigenvalue weighted by Gasteiger charge is 2.34. The van der Waals surface area contributed by atoms with Gasteiger partial charge in [-0.2, -0.15) is 9.61 Å². The lowest BCUT2D eigenvalue weighted by atomic mass is 9.82. The van der Waals surface area contributed by atoms with Gasteiger partial charge in [-0.3, -0.25) is 9.69 Å². The Morgan fingerprint density at radius 2 is 1.80 bits per heavy atom. The lowest BCUT2D eigenvalue weighted by Crippen LogP contribution is -2.43. The van der Waals surface area contributed by atoms with Gasteiger partial charge < -0.3 is 10.5 Å². The topological polar surface area (TPSA) is 121 Å². The zero-order valence-electron chi connectivity index (χ0n) is 23.8. The number of carbonyl (C=O) groups excluding carboxylic acids is 2. The van der Waals surface area contributed by atoms with Crippen LogP contribution in [-0.4, -0.2) is 48.9 Å². The predicted molar refractivity (Wildman–Crippen MR) is 154 cm³/mol. The quantitative estimate of drug-likeness (QED) is 0.317. The molecule has 0 unspecified atom stereocenters. The molecule has 0 bridgehead atoms. The Balaban J connectivity index is 1.49. The fraction of sp³-hybridized carbons (Fsp3) is 0.433. The van der Waals surface area contributed by atoms with Crippen LogP contribution in [0.5, 0.6) is 0 Å². The Morgan fingerprint density at radius 1 is 1.10 bits per heavy atom. The van der Waals surface area contributed by atoms with E-state index in [2.05, 4.69) is 17.0 Å². The molecule has 210 valence electrons. The number of fused-ring (bicyclic) bond motifs is 1. The first-order valence-corrected chi connectivity index (χ1v) is 14.0. The van der Waals surface area contributed by atoms with Crippen molar-refractivity contribution >= 4 is 29.2 Å². The van der Waals surface area contributed by atoms with Crippen molar-refractivity contribution < 1.29 is 14.3 Å². The normalized spacial score (nSPS) is 17.4. The van der Waals surface area contributed by atoms with Gasteiger partial charge in [0.05, 0.1) is 18.0 Å². The van der Waals surface area contributed by atoms with Gasteiger partial charge in [-0.15, -0.1) is 5.10 Å². The number of nitrogens with two attached hydrogens (primary N) is 1. The van der Waals surface area contributed by atoms with Crippen LogP contribution in [0.3, 0.4) is 0 Å². The molecule has 3 heterocycles. The molecule has 40 heavy (non-hydrogen) atoms. The Labute approximate surface area is 234 Å². The average molecular weight is 544 g/mol. The number of hydrogen-bond acceptors (Lipinski definition) is 7. The van der Waals surface area contributed by atoms with Gasteiger partial charge in [0, 0.05) is 41.5 Å². The molecule has 0 spiro atoms. The number of carbonyl (C=O) groups is 2. The summed E-state index contributed by atoms with van der Waals surface area (Å²) in [4.78, 5) is 32.9. The third kappa shape index (κ3) is 5.30. The molecular weight excluding hydrogens is 506 g/mol. The van der Waals surface area contributed by atoms with Crippen molar-refractivity contribution in [2.45, 2.75) is 66.3 Å². The van der Waals surface area contributed by atoms with Crippen LogP contribution in [0.2, 0.25) is 0 Å². The first-order valence-electron chi connectivity index (χ1n) is 14.0. The van der Waals surface area contributed by atoms with Crippen molar-refractivity contribution in [3.63, 3.8) is 0 Å². The van der Waals surface area contributed by atoms with Crippen molar-refractivity contribution in [1.82, 2.24) is 24.4 Å². The standard InChI is InChI=1S/C30H37N7O3/c1-6-40-30(39)24-17-35(34-28(24)36(18(2)3)29(38)22-9-7-19(4)8-10-22)23-13-11-21(12-14-23)25-16-27-32-20(5)15-26(31)37(27)33-25/h11-19,22H,6-10,31H2,1-5H3/t19-,22-. The van der Waals surface area contributed by atoms with Crippen molar-refractivity contribution in [3.8, 4) is 16.9 Å². The minimum absolute atomic E-state index is 0.0167. The number of esters is 1. The monoisotopic (exact) mass is 543 g/mol. The molecular formula is C30H37N7O3. The van der Waals surface area contributed by atoms with Crippen molar-refractivity contribution in [3.05, 3.63) is 53.9 Å². The second kappa shape index (κ2) is 11.1. The van der Waals surface area contributed by atoms with E-state index in [1.807, 2.05) is 51.1 Å². The number of anilines is 2. The molecule has 1 saturated carbocycles. The molecule has 10 heteroatoms. The average Bonchev–Trinajstić information content (AvgIpc) is 3.55. The highest BCUT2D eigenvalue weighted by molar-refractivity contribution is 6.02. The summed E-state index contributed by atoms with van der Waals surface area (Å²) in [7, 11) is 0. The molecule has 0 aliphatic heterocycles. The Kier molecular flexibility index (Phi) is 7.60. The lowest BCUT2D eigenvalue weighted by molar-refractivity contribution is -0.124. The second-order valence-electron chi connectivity index (χ2n) is 11.0. The number of ether oxygens (including phenoxy) is 1. The van der Waals surface area contributed by atoms with Gasteiger partial charge in [-0.25, -0.2) is 14.5 Å². The second-order valence-corrected chi connectivity index (χ2v) is 11.0. The summed E-state index contributed by atoms with van der Waals surface area (Å²) in [5, 5.41) is 9.37. The first-order chi connectivity index (χ1) is 19.2. The van der Waals surface area contributed by atoms with Gasteiger partial charge in [0.2, 0.25) is 5.91 Å². The highest BCUT2D eigenvalue weighted by Crippen LogP contribution is 2.33. The molecule has 1 aliphatic rings. The zero-order chi connectivity index (χ0) is 28.6. The maximum atomic E-state index is 13.7. The minimum Gasteiger partial charge on any atom is -0.462 e. The summed E-state index contributed by atoms with van der Waals surface area (Å²) in [5.74, 6) is 0.929. The van der Waals surface area contributed by atoms with Crippen molar-refractivity contribution in [2.24, 2.45) is 11.8 Å². The molecule has 1 aliphatic carbocycles. The maximum Gasteiger partial charge on any atom is 0.343 e. The smallest absolute Gasteiger partial charge is 0.343 e. The lowest BCUT2D eigenvalue weighted by Gasteiger charge is -2.32. The van der Waals surface area contributed by atoms with Crippen LogP contribution in [0, 0.1) is 18.8 Å². The minimum atomic E-state index is -0.499. The molecule has 2 N–H and O–H groups in total. The molecule has 1 amide bonds. The third-order valence-electron chi connectivity index (χ3n) is 7.55. The van der Waals surface area contributed by atoms with E-state index in [4.69, 9.17) is 15.6 Å². The van der Waals surface area contributed by atoms with Crippen molar-refractivity contribution in [1.29, 1.82) is 0 Å². The number of hydrogen-bond donors (Lipinski definition) is 1. The third-order valence-corrected chi connectivity index (χ3v) is 7.55. The van der Waals surface area contributed by atoms with E-state index in [9.17, 15) is 9.59 Å². The van der Waals surface area contributed by atoms with Crippen LogP contribution < -0.4 is 10.6 Å². The largest absolute Gasteiger partial charge is 0.462 e. The molecule has 0 saturated heterocycles. The number of benzene rings is 1. The van der Waals surface area contributed by atoms with Gasteiger partial charge >= 0.3 is 5.97 Å². The number of aryl methyl sites for hydroxylation is 1. The van der Waals surface area contributed by atoms with E-state index in [1.54, 1.807) is 33.3 Å². The molecule has 1 aromatic carbocycles. The van der Waals surface area contributed by atoms with Crippen LogP contribution >= 0.6 is 0 Å². The van der Waals surface area contributed by atoms with E-state index in [1.165, 1.54) is 0 Å². The molecule has 10 nitrogen and oxygen atoms in total. The van der Waals surface area contributed by atoms with E-state index >= 15 is 0 Å². The number of nitrogen functional groups attached to an aromatic ring is 1. The van der Waals surface area contributed by atoms with Gasteiger partial charge in [-0.05, 0) is 71.4 Å². The number of rotatable bonds is 7. The van der Waals surface area contributed by atoms with E-state index in [-0.39, 0.29) is 30.0 Å². The maximum absolute atomic E-state index is 13.7. The Bertz CT molecular complexity index is 1530. The van der Waals surface area contributed by atoms with Gasteiger partial charge in [0.25, 0.3) is 0 Å². The fourth-order valence-electron chi connectivity index (χ4n) is 5.39. The van der Waals surface area contributed by atoms with E-state index in [0.29, 0.717) is 23.2 Å². The van der Waals surface area contributed by atoms with Crippen LogP contribution in [0.1, 0.15) is 69.4 Å². The number of nitrogens with zero attached hydrogens (tertiary/aromatic N) is 6. The SMILES string of the molecule is CCOC(=O)c1cn(-c2ccc(-c3cc4nc(C)cc(N)n4n3)cc2)nc1N(C(=O)[C@H]1CC[C@H](C)CC1)C(C)C. The Hall–Kier alpha value is -4.21. The van der Waals surface area contributed by atoms with Crippen LogP contribution in [0.4, 0.5) is 11.6 Å². The number of amides is 1. The summed E-state index contributed by atoms with van der Waals surface area (Å²) < 4.78 is 8.60. The summed E-state index contributed by atoms with van der Waals surface area (Å²) >= 11 is 0. The molecule has 0 radical (unpaired) electrons. The van der Waals surface area contributed by atoms with E-state index in [0.717, 1.165) is 48.3 Å². The van der Waals surface area contributed by atoms with Gasteiger partial charge in [0.15, 0.2) is 11.5 Å². The van der Waals surface area contributed by atoms with Gasteiger partial charge in [-0.1, -0.05) is 19.1 Å². The summed E-state index contributed by atoms with van der Waals surface area (Å²) in [6.07, 6.45) is 5.41. The Morgan fingerprint density at radius 3 is 2.45 bits per heavy atom. The van der Waals surface area contributed by atoms with Crippen molar-refractivity contribution in [2.75, 3.05) is 17.2 Å². The van der Waals surface area contributed by atoms with Gasteiger partial charge in [0.1, 0.15) is 11.4 Å².